The molecule has 0 aliphatic rings. The summed E-state index contributed by atoms with van der Waals surface area (Å²) in [5, 5.41) is 0. The molecule has 0 aliphatic heterocycles. The zero-order chi connectivity index (χ0) is 14.4. The van der Waals surface area contributed by atoms with Crippen LogP contribution in [0.4, 0.5) is 13.2 Å². The van der Waals surface area contributed by atoms with Gasteiger partial charge in [0.2, 0.25) is 0 Å². The van der Waals surface area contributed by atoms with E-state index in [9.17, 15) is 13.2 Å². The fourth-order valence-electron chi connectivity index (χ4n) is 0. The smallest absolute Gasteiger partial charge is 0.197 e. The van der Waals surface area contributed by atoms with Crippen LogP contribution in [0.1, 0.15) is 20.8 Å². The van der Waals surface area contributed by atoms with Crippen LogP contribution in [0.25, 0.3) is 0 Å². The lowest BCUT2D eigenvalue weighted by molar-refractivity contribution is -0.0303. The molecule has 0 radical (unpaired) electrons. The monoisotopic (exact) mass is 456 g/mol. The molecule has 0 rings (SSSR count). The summed E-state index contributed by atoms with van der Waals surface area (Å²) in [6, 6.07) is 0. The maximum atomic E-state index is 10.2. The Morgan fingerprint density at radius 2 is 0.700 bits per heavy atom. The van der Waals surface area contributed by atoms with Crippen LogP contribution in [0.5, 0.6) is 0 Å². The summed E-state index contributed by atoms with van der Waals surface area (Å²) in [6.45, 7) is 6.16. The molecule has 20 heavy (non-hydrogen) atoms. The van der Waals surface area contributed by atoms with Gasteiger partial charge in [-0.1, -0.05) is 33.4 Å². The van der Waals surface area contributed by atoms with Crippen molar-refractivity contribution < 1.29 is 30.0 Å². The Morgan fingerprint density at radius 3 is 0.700 bits per heavy atom. The van der Waals surface area contributed by atoms with Crippen molar-refractivity contribution in [2.45, 2.75) is 31.0 Å². The SMILES string of the molecule is CC(C)(C)S.FC(F)(F)S.O=S=O.O=S=O.S.S.S.S. The fourth-order valence-corrected chi connectivity index (χ4v) is 0. The van der Waals surface area contributed by atoms with E-state index in [0.717, 1.165) is 0 Å². The zero-order valence-electron chi connectivity index (χ0n) is 10.5. The van der Waals surface area contributed by atoms with Gasteiger partial charge >= 0.3 is 28.7 Å². The van der Waals surface area contributed by atoms with Crippen LogP contribution in [0.15, 0.2) is 0 Å². The molecule has 0 heterocycles. The Labute approximate surface area is 162 Å². The number of hydrogen-bond acceptors (Lipinski definition) is 6. The molecule has 0 aromatic heterocycles. The number of halogens is 3. The lowest BCUT2D eigenvalue weighted by Gasteiger charge is -2.04. The van der Waals surface area contributed by atoms with Crippen molar-refractivity contribution in [3.8, 4) is 0 Å². The third-order valence-electron chi connectivity index (χ3n) is 0. The minimum Gasteiger partial charge on any atom is -0.197 e. The highest BCUT2D eigenvalue weighted by molar-refractivity contribution is 7.81. The molecule has 0 aromatic rings. The van der Waals surface area contributed by atoms with E-state index in [4.69, 9.17) is 16.8 Å². The van der Waals surface area contributed by atoms with Crippen molar-refractivity contribution in [1.29, 1.82) is 0 Å². The maximum absolute atomic E-state index is 10.2. The average Bonchev–Trinajstić information content (AvgIpc) is 1.79. The first-order chi connectivity index (χ1) is 6.83. The second kappa shape index (κ2) is 32.5. The van der Waals surface area contributed by atoms with Crippen molar-refractivity contribution in [1.82, 2.24) is 0 Å². The van der Waals surface area contributed by atoms with Gasteiger partial charge in [0.05, 0.1) is 0 Å². The molecule has 0 N–H and O–H groups in total. The summed E-state index contributed by atoms with van der Waals surface area (Å²) < 4.78 is 64.0. The first kappa shape index (κ1) is 49.6. The van der Waals surface area contributed by atoms with Crippen molar-refractivity contribution in [3.05, 3.63) is 0 Å². The number of alkyl halides is 3. The summed E-state index contributed by atoms with van der Waals surface area (Å²) in [5.41, 5.74) is -4.31. The standard InChI is InChI=1S/C4H10S.CHF3S.2O2S.4H2S/c1-4(2,3)5;2-1(3,4)5;2*1-3-2;;;;/h5H,1-3H3;5H;;;4*1H2. The van der Waals surface area contributed by atoms with E-state index in [1.807, 2.05) is 0 Å². The normalized spacial score (nSPS) is 7.20. The molecule has 0 amide bonds. The maximum Gasteiger partial charge on any atom is 0.438 e. The van der Waals surface area contributed by atoms with Gasteiger partial charge in [0.25, 0.3) is 0 Å². The summed E-state index contributed by atoms with van der Waals surface area (Å²) in [7, 11) is 0. The summed E-state index contributed by atoms with van der Waals surface area (Å²) in [4.78, 5) is 0. The van der Waals surface area contributed by atoms with Crippen LogP contribution in [0.3, 0.4) is 0 Å². The van der Waals surface area contributed by atoms with Gasteiger partial charge in [-0.05, 0) is 0 Å². The van der Waals surface area contributed by atoms with E-state index in [0.29, 0.717) is 0 Å². The molecule has 0 fully saturated rings. The molecule has 0 saturated carbocycles. The molecule has 132 valence electrons. The molecular formula is C5H19F3O4S8. The lowest BCUT2D eigenvalue weighted by Crippen LogP contribution is -1.99. The van der Waals surface area contributed by atoms with E-state index in [1.165, 1.54) is 0 Å². The molecule has 0 aromatic carbocycles. The molecule has 0 bridgehead atoms. The van der Waals surface area contributed by atoms with E-state index >= 15 is 0 Å². The van der Waals surface area contributed by atoms with Crippen LogP contribution in [0, 0.1) is 0 Å². The summed E-state index contributed by atoms with van der Waals surface area (Å²) >= 11 is 4.75. The fraction of sp³-hybridized carbons (Fsp3) is 1.00. The van der Waals surface area contributed by atoms with Crippen LogP contribution < -0.4 is 0 Å². The van der Waals surface area contributed by atoms with Gasteiger partial charge in [-0.25, -0.2) is 0 Å². The van der Waals surface area contributed by atoms with Crippen molar-refractivity contribution >= 4 is 102 Å². The van der Waals surface area contributed by atoms with Crippen molar-refractivity contribution in [3.63, 3.8) is 0 Å². The molecule has 0 saturated heterocycles. The van der Waals surface area contributed by atoms with Crippen molar-refractivity contribution in [2.24, 2.45) is 0 Å². The third kappa shape index (κ3) is 2860. The predicted molar refractivity (Wildman–Crippen MR) is 103 cm³/mol. The molecule has 4 nitrogen and oxygen atoms in total. The van der Waals surface area contributed by atoms with Gasteiger partial charge in [0.15, 0.2) is 0 Å². The number of rotatable bonds is 0. The Bertz CT molecular complexity index is 183. The Hall–Kier alpha value is 1.53. The minimum atomic E-state index is -4.31. The lowest BCUT2D eigenvalue weighted by atomic mass is 10.3. The zero-order valence-corrected chi connectivity index (χ0v) is 17.9. The number of thiol groups is 2. The second-order valence-electron chi connectivity index (χ2n) is 2.77. The topological polar surface area (TPSA) is 68.3 Å². The summed E-state index contributed by atoms with van der Waals surface area (Å²) in [6.07, 6.45) is 0. The highest BCUT2D eigenvalue weighted by atomic mass is 32.1. The second-order valence-corrected chi connectivity index (χ2v) is 4.90. The molecule has 0 unspecified atom stereocenters. The van der Waals surface area contributed by atoms with Gasteiger partial charge in [-0.15, -0.1) is 0 Å². The third-order valence-corrected chi connectivity index (χ3v) is 0. The Balaban J connectivity index is -0.0000000154. The van der Waals surface area contributed by atoms with Gasteiger partial charge in [0.1, 0.15) is 0 Å². The highest BCUT2D eigenvalue weighted by Crippen LogP contribution is 2.17. The minimum absolute atomic E-state index is 0. The van der Waals surface area contributed by atoms with E-state index in [1.54, 1.807) is 0 Å². The Morgan fingerprint density at radius 1 is 0.700 bits per heavy atom. The largest absolute Gasteiger partial charge is 0.438 e. The molecule has 15 heteroatoms. The van der Waals surface area contributed by atoms with Gasteiger partial charge in [0, 0.05) is 4.75 Å². The quantitative estimate of drug-likeness (QED) is 0.549. The average molecular weight is 457 g/mol. The first-order valence-electron chi connectivity index (χ1n) is 3.18. The highest BCUT2D eigenvalue weighted by Gasteiger charge is 2.17. The van der Waals surface area contributed by atoms with Gasteiger partial charge in [-0.3, -0.25) is 0 Å². The summed E-state index contributed by atoms with van der Waals surface area (Å²) in [5.74, 6) is 0. The first-order valence-corrected chi connectivity index (χ1v) is 5.41. The van der Waals surface area contributed by atoms with Crippen LogP contribution in [-0.4, -0.2) is 27.1 Å². The van der Waals surface area contributed by atoms with Gasteiger partial charge < -0.3 is 0 Å². The van der Waals surface area contributed by atoms with E-state index in [2.05, 4.69) is 46.0 Å². The van der Waals surface area contributed by atoms with Crippen molar-refractivity contribution in [2.75, 3.05) is 0 Å². The van der Waals surface area contributed by atoms with Crippen LogP contribution in [0.2, 0.25) is 0 Å². The molecule has 0 atom stereocenters. The van der Waals surface area contributed by atoms with Crippen LogP contribution >= 0.6 is 79.2 Å². The van der Waals surface area contributed by atoms with Gasteiger partial charge in [-0.2, -0.15) is 96.6 Å². The Kier molecular flexibility index (Phi) is 80.5. The number of hydrogen-bond donors (Lipinski definition) is 2. The van der Waals surface area contributed by atoms with E-state index < -0.39 is 28.7 Å². The molecule has 0 aliphatic carbocycles. The van der Waals surface area contributed by atoms with E-state index in [-0.39, 0.29) is 58.7 Å². The molecular weight excluding hydrogens is 438 g/mol. The molecule has 0 spiro atoms. The van der Waals surface area contributed by atoms with Crippen LogP contribution in [-0.2, 0) is 23.1 Å². The predicted octanol–water partition coefficient (Wildman–Crippen LogP) is 2.26.